The van der Waals surface area contributed by atoms with Gasteiger partial charge >= 0.3 is 6.03 Å². The van der Waals surface area contributed by atoms with Crippen molar-refractivity contribution in [1.82, 2.24) is 20.2 Å². The quantitative estimate of drug-likeness (QED) is 0.684. The van der Waals surface area contributed by atoms with Gasteiger partial charge in [-0.05, 0) is 66.5 Å². The fourth-order valence-corrected chi connectivity index (χ4v) is 5.27. The normalized spacial score (nSPS) is 23.0. The van der Waals surface area contributed by atoms with E-state index >= 15 is 0 Å². The Morgan fingerprint density at radius 3 is 2.67 bits per heavy atom. The van der Waals surface area contributed by atoms with Crippen LogP contribution < -0.4 is 10.1 Å². The van der Waals surface area contributed by atoms with Gasteiger partial charge in [0.1, 0.15) is 17.2 Å². The van der Waals surface area contributed by atoms with Crippen molar-refractivity contribution in [3.63, 3.8) is 0 Å². The number of methoxy groups -OCH3 is 1. The van der Waals surface area contributed by atoms with Gasteiger partial charge < -0.3 is 19.9 Å². The first-order valence-electron chi connectivity index (χ1n) is 10.4. The second-order valence-corrected chi connectivity index (χ2v) is 8.34. The van der Waals surface area contributed by atoms with Crippen LogP contribution in [0.1, 0.15) is 24.5 Å². The Hall–Kier alpha value is -3.09. The Bertz CT molecular complexity index is 1100. The molecule has 1 unspecified atom stereocenters. The summed E-state index contributed by atoms with van der Waals surface area (Å²) in [5, 5.41) is 3.70. The Morgan fingerprint density at radius 2 is 1.97 bits per heavy atom. The van der Waals surface area contributed by atoms with Crippen molar-refractivity contribution in [3.05, 3.63) is 48.0 Å². The van der Waals surface area contributed by atoms with E-state index in [1.165, 1.54) is 17.8 Å². The first-order chi connectivity index (χ1) is 14.6. The summed E-state index contributed by atoms with van der Waals surface area (Å²) < 4.78 is 19.4. The van der Waals surface area contributed by atoms with Crippen LogP contribution in [0.15, 0.2) is 36.5 Å². The number of aromatic nitrogens is 2. The first-order valence-corrected chi connectivity index (χ1v) is 10.4. The van der Waals surface area contributed by atoms with Crippen molar-refractivity contribution in [2.24, 2.45) is 11.8 Å². The molecule has 7 heteroatoms. The lowest BCUT2D eigenvalue weighted by Crippen LogP contribution is -2.36. The summed E-state index contributed by atoms with van der Waals surface area (Å²) >= 11 is 0. The van der Waals surface area contributed by atoms with Gasteiger partial charge in [0.15, 0.2) is 0 Å². The Labute approximate surface area is 174 Å². The molecule has 2 fully saturated rings. The number of aromatic amines is 1. The van der Waals surface area contributed by atoms with Crippen LogP contribution in [-0.2, 0) is 0 Å². The molecule has 2 N–H and O–H groups in total. The highest BCUT2D eigenvalue weighted by molar-refractivity contribution is 5.95. The molecule has 6 nitrogen and oxygen atoms in total. The van der Waals surface area contributed by atoms with Gasteiger partial charge in [0.2, 0.25) is 0 Å². The van der Waals surface area contributed by atoms with Gasteiger partial charge in [-0.15, -0.1) is 0 Å². The number of ether oxygens (including phenoxy) is 1. The van der Waals surface area contributed by atoms with Gasteiger partial charge in [0.05, 0.1) is 7.11 Å². The maximum atomic E-state index is 14.0. The second kappa shape index (κ2) is 7.31. The van der Waals surface area contributed by atoms with Gasteiger partial charge in [-0.2, -0.15) is 0 Å². The average Bonchev–Trinajstić information content (AvgIpc) is 3.45. The molecule has 1 aliphatic carbocycles. The van der Waals surface area contributed by atoms with Crippen LogP contribution in [0.4, 0.5) is 9.18 Å². The predicted octanol–water partition coefficient (Wildman–Crippen LogP) is 4.14. The van der Waals surface area contributed by atoms with Crippen LogP contribution in [0.3, 0.4) is 0 Å². The van der Waals surface area contributed by atoms with E-state index in [0.29, 0.717) is 23.5 Å². The molecule has 156 valence electrons. The number of hydrogen-bond donors (Lipinski definition) is 2. The fraction of sp³-hybridized carbons (Fsp3) is 0.391. The molecule has 0 radical (unpaired) electrons. The van der Waals surface area contributed by atoms with Crippen LogP contribution in [0, 0.1) is 17.7 Å². The number of H-pyrrole nitrogens is 1. The van der Waals surface area contributed by atoms with Crippen LogP contribution >= 0.6 is 0 Å². The maximum Gasteiger partial charge on any atom is 0.317 e. The van der Waals surface area contributed by atoms with Gasteiger partial charge in [-0.1, -0.05) is 0 Å². The summed E-state index contributed by atoms with van der Waals surface area (Å²) in [5.74, 6) is 1.83. The Balaban J connectivity index is 1.45. The number of likely N-dealkylation sites (tertiary alicyclic amines) is 1. The smallest absolute Gasteiger partial charge is 0.317 e. The van der Waals surface area contributed by atoms with Gasteiger partial charge in [-0.25, -0.2) is 14.2 Å². The molecule has 0 bridgehead atoms. The molecule has 0 spiro atoms. The van der Waals surface area contributed by atoms with Crippen molar-refractivity contribution < 1.29 is 13.9 Å². The lowest BCUT2D eigenvalue weighted by Gasteiger charge is -2.18. The Morgan fingerprint density at radius 1 is 1.20 bits per heavy atom. The van der Waals surface area contributed by atoms with E-state index in [4.69, 9.17) is 4.74 Å². The number of carbonyl (C=O) groups excluding carboxylic acids is 1. The van der Waals surface area contributed by atoms with Gasteiger partial charge in [0.25, 0.3) is 0 Å². The molecular formula is C23H25FN4O2. The molecule has 1 saturated heterocycles. The van der Waals surface area contributed by atoms with Crippen LogP contribution in [0.5, 0.6) is 5.75 Å². The highest BCUT2D eigenvalue weighted by atomic mass is 19.1. The van der Waals surface area contributed by atoms with E-state index in [2.05, 4.69) is 21.4 Å². The van der Waals surface area contributed by atoms with Crippen molar-refractivity contribution >= 4 is 17.1 Å². The molecule has 1 aromatic carbocycles. The lowest BCUT2D eigenvalue weighted by atomic mass is 9.99. The van der Waals surface area contributed by atoms with Crippen molar-refractivity contribution in [3.8, 4) is 16.9 Å². The number of hydrogen-bond acceptors (Lipinski definition) is 3. The minimum atomic E-state index is -0.296. The molecule has 2 amide bonds. The summed E-state index contributed by atoms with van der Waals surface area (Å²) in [4.78, 5) is 21.8. The number of benzene rings is 1. The summed E-state index contributed by atoms with van der Waals surface area (Å²) in [6.07, 6.45) is 3.86. The van der Waals surface area contributed by atoms with Crippen molar-refractivity contribution in [2.75, 3.05) is 27.2 Å². The summed E-state index contributed by atoms with van der Waals surface area (Å²) in [7, 11) is 3.28. The van der Waals surface area contributed by atoms with Crippen LogP contribution in [0.2, 0.25) is 0 Å². The van der Waals surface area contributed by atoms with E-state index in [9.17, 15) is 9.18 Å². The number of halogens is 1. The van der Waals surface area contributed by atoms with Gasteiger partial charge in [-0.3, -0.25) is 0 Å². The molecule has 2 aliphatic rings. The molecule has 2 aromatic heterocycles. The minimum Gasteiger partial charge on any atom is -0.496 e. The largest absolute Gasteiger partial charge is 0.496 e. The SMILES string of the molecule is CNC(=O)N1C[C@H]2CC(c3cc4c(-c5cc(F)ccc5OC)ccnc4[nH]3)C[C@H]2C1. The average molecular weight is 408 g/mol. The number of rotatable bonds is 3. The summed E-state index contributed by atoms with van der Waals surface area (Å²) in [5.41, 5.74) is 3.60. The number of carbonyl (C=O) groups is 1. The number of amides is 2. The highest BCUT2D eigenvalue weighted by Crippen LogP contribution is 2.47. The van der Waals surface area contributed by atoms with Gasteiger partial charge in [0, 0.05) is 43.0 Å². The third-order valence-corrected chi connectivity index (χ3v) is 6.70. The van der Waals surface area contributed by atoms with E-state index in [1.807, 2.05) is 11.0 Å². The second-order valence-electron chi connectivity index (χ2n) is 8.34. The number of nitrogens with one attached hydrogen (secondary N) is 2. The molecule has 30 heavy (non-hydrogen) atoms. The molecule has 3 heterocycles. The zero-order valence-electron chi connectivity index (χ0n) is 17.1. The van der Waals surface area contributed by atoms with Crippen molar-refractivity contribution in [1.29, 1.82) is 0 Å². The molecular weight excluding hydrogens is 383 g/mol. The van der Waals surface area contributed by atoms with E-state index in [0.717, 1.165) is 48.1 Å². The first kappa shape index (κ1) is 18.9. The Kier molecular flexibility index (Phi) is 4.60. The fourth-order valence-electron chi connectivity index (χ4n) is 5.27. The zero-order valence-corrected chi connectivity index (χ0v) is 17.1. The molecule has 3 atom stereocenters. The van der Waals surface area contributed by atoms with Crippen LogP contribution in [-0.4, -0.2) is 48.1 Å². The number of urea groups is 1. The third kappa shape index (κ3) is 3.09. The molecule has 5 rings (SSSR count). The zero-order chi connectivity index (χ0) is 20.8. The monoisotopic (exact) mass is 408 g/mol. The predicted molar refractivity (Wildman–Crippen MR) is 113 cm³/mol. The number of fused-ring (bicyclic) bond motifs is 2. The highest BCUT2D eigenvalue weighted by Gasteiger charge is 2.43. The van der Waals surface area contributed by atoms with E-state index in [1.54, 1.807) is 26.4 Å². The van der Waals surface area contributed by atoms with Crippen LogP contribution in [0.25, 0.3) is 22.2 Å². The third-order valence-electron chi connectivity index (χ3n) is 6.70. The number of pyridine rings is 1. The van der Waals surface area contributed by atoms with Crippen molar-refractivity contribution in [2.45, 2.75) is 18.8 Å². The summed E-state index contributed by atoms with van der Waals surface area (Å²) in [6.45, 7) is 1.65. The molecule has 1 saturated carbocycles. The standard InChI is InChI=1S/C23H25FN4O2/c1-25-23(29)28-11-14-7-13(8-15(14)12-28)20-10-19-17(5-6-26-22(19)27-20)18-9-16(24)3-4-21(18)30-2/h3-6,9-10,13-15H,7-8,11-12H2,1-2H3,(H,25,29)(H,26,27)/t13?,14-,15+. The maximum absolute atomic E-state index is 14.0. The van der Waals surface area contributed by atoms with E-state index < -0.39 is 0 Å². The lowest BCUT2D eigenvalue weighted by molar-refractivity contribution is 0.207. The number of nitrogens with zero attached hydrogens (tertiary/aromatic N) is 2. The topological polar surface area (TPSA) is 70.2 Å². The molecule has 1 aliphatic heterocycles. The minimum absolute atomic E-state index is 0.0180. The molecule has 3 aromatic rings. The summed E-state index contributed by atoms with van der Waals surface area (Å²) in [6, 6.07) is 8.65. The van der Waals surface area contributed by atoms with E-state index in [-0.39, 0.29) is 11.8 Å².